The van der Waals surface area contributed by atoms with E-state index in [1.807, 2.05) is 0 Å². The van der Waals surface area contributed by atoms with Crippen LogP contribution < -0.4 is 16.0 Å². The zero-order valence-corrected chi connectivity index (χ0v) is 18.0. The molecule has 166 valence electrons. The summed E-state index contributed by atoms with van der Waals surface area (Å²) < 4.78 is 0. The molecule has 0 radical (unpaired) electrons. The summed E-state index contributed by atoms with van der Waals surface area (Å²) >= 11 is 0. The van der Waals surface area contributed by atoms with E-state index in [9.17, 15) is 19.8 Å². The third-order valence-electron chi connectivity index (χ3n) is 4.63. The minimum Gasteiger partial charge on any atom is -0.481 e. The van der Waals surface area contributed by atoms with Crippen LogP contribution in [0.3, 0.4) is 0 Å². The minimum absolute atomic E-state index is 0.129. The monoisotopic (exact) mass is 403 g/mol. The van der Waals surface area contributed by atoms with Gasteiger partial charge in [-0.1, -0.05) is 40.0 Å². The second-order valence-corrected chi connectivity index (χ2v) is 8.59. The Morgan fingerprint density at radius 3 is 2.25 bits per heavy atom. The van der Waals surface area contributed by atoms with Gasteiger partial charge in [-0.15, -0.1) is 0 Å². The maximum absolute atomic E-state index is 12.3. The molecule has 0 fully saturated rings. The summed E-state index contributed by atoms with van der Waals surface area (Å²) in [4.78, 5) is 22.9. The molecule has 0 saturated carbocycles. The summed E-state index contributed by atoms with van der Waals surface area (Å²) in [5.41, 5.74) is 0.375. The van der Waals surface area contributed by atoms with E-state index in [0.717, 1.165) is 12.8 Å². The number of carboxylic acids is 1. The predicted octanol–water partition coefficient (Wildman–Crippen LogP) is 1.21. The minimum atomic E-state index is -0.976. The largest absolute Gasteiger partial charge is 0.481 e. The van der Waals surface area contributed by atoms with Crippen molar-refractivity contribution in [2.45, 2.75) is 90.4 Å². The Hall–Kier alpha value is -1.22. The van der Waals surface area contributed by atoms with Gasteiger partial charge < -0.3 is 26.0 Å². The van der Waals surface area contributed by atoms with Gasteiger partial charge in [0.25, 0.3) is 0 Å². The van der Waals surface area contributed by atoms with Gasteiger partial charge in [0.05, 0.1) is 18.7 Å². The van der Waals surface area contributed by atoms with E-state index in [0.29, 0.717) is 12.0 Å². The second-order valence-electron chi connectivity index (χ2n) is 8.59. The number of rotatable bonds is 16. The molecular formula is C20H41N3O5. The van der Waals surface area contributed by atoms with E-state index in [2.05, 4.69) is 36.7 Å². The van der Waals surface area contributed by atoms with Gasteiger partial charge in [-0.2, -0.15) is 0 Å². The average molecular weight is 404 g/mol. The first kappa shape index (κ1) is 26.8. The number of carboxylic acid groups (broad SMARTS) is 1. The Kier molecular flexibility index (Phi) is 14.1. The van der Waals surface area contributed by atoms with E-state index < -0.39 is 24.3 Å². The fraction of sp³-hybridized carbons (Fsp3) is 0.900. The number of likely N-dealkylation sites (N-methyl/N-ethyl adjacent to an activating group) is 1. The van der Waals surface area contributed by atoms with E-state index in [-0.39, 0.29) is 31.8 Å². The van der Waals surface area contributed by atoms with Crippen molar-refractivity contribution in [3.8, 4) is 0 Å². The molecule has 0 bridgehead atoms. The number of nitrogens with one attached hydrogen (secondary N) is 3. The lowest BCUT2D eigenvalue weighted by molar-refractivity contribution is -0.137. The van der Waals surface area contributed by atoms with Crippen molar-refractivity contribution in [1.82, 2.24) is 16.0 Å². The normalized spacial score (nSPS) is 15.1. The lowest BCUT2D eigenvalue weighted by Crippen LogP contribution is -2.50. The van der Waals surface area contributed by atoms with Crippen LogP contribution in [0.4, 0.5) is 0 Å². The molecule has 6 N–H and O–H groups in total. The third kappa shape index (κ3) is 14.8. The first-order chi connectivity index (χ1) is 13.1. The van der Waals surface area contributed by atoms with Gasteiger partial charge in [0, 0.05) is 12.8 Å². The standard InChI is InChI=1S/C20H41N3O5/c1-20(2,3)11-7-5-6-8-12-22-17(25)13-16(21-4)19(28)23-15(14-24)9-10-18(26)27/h15-17,21-22,24-25H,5-14H2,1-4H3,(H,23,28)(H,26,27)/t15-,16+,17?/m1/s1. The molecule has 1 unspecified atom stereocenters. The van der Waals surface area contributed by atoms with Crippen LogP contribution in [0.25, 0.3) is 0 Å². The molecule has 8 nitrogen and oxygen atoms in total. The van der Waals surface area contributed by atoms with Gasteiger partial charge in [-0.3, -0.25) is 14.9 Å². The van der Waals surface area contributed by atoms with Crippen LogP contribution >= 0.6 is 0 Å². The highest BCUT2D eigenvalue weighted by Gasteiger charge is 2.22. The zero-order chi connectivity index (χ0) is 21.6. The van der Waals surface area contributed by atoms with Crippen LogP contribution in [0.5, 0.6) is 0 Å². The Balaban J connectivity index is 4.07. The van der Waals surface area contributed by atoms with E-state index >= 15 is 0 Å². The molecule has 0 saturated heterocycles. The molecule has 0 aromatic heterocycles. The second kappa shape index (κ2) is 14.7. The number of amides is 1. The van der Waals surface area contributed by atoms with Crippen molar-refractivity contribution in [2.75, 3.05) is 20.2 Å². The summed E-state index contributed by atoms with van der Waals surface area (Å²) in [6, 6.07) is -1.24. The van der Waals surface area contributed by atoms with Gasteiger partial charge in [-0.25, -0.2) is 0 Å². The zero-order valence-electron chi connectivity index (χ0n) is 18.0. The lowest BCUT2D eigenvalue weighted by Gasteiger charge is -2.23. The molecule has 0 spiro atoms. The van der Waals surface area contributed by atoms with Crippen LogP contribution in [0, 0.1) is 5.41 Å². The molecule has 0 heterocycles. The predicted molar refractivity (Wildman–Crippen MR) is 110 cm³/mol. The van der Waals surface area contributed by atoms with Crippen LogP contribution in [0.1, 0.15) is 72.1 Å². The first-order valence-electron chi connectivity index (χ1n) is 10.3. The molecule has 8 heteroatoms. The van der Waals surface area contributed by atoms with Gasteiger partial charge >= 0.3 is 5.97 Å². The molecule has 3 atom stereocenters. The number of aliphatic hydroxyl groups is 2. The molecule has 1 amide bonds. The van der Waals surface area contributed by atoms with Gasteiger partial charge in [0.2, 0.25) is 5.91 Å². The molecular weight excluding hydrogens is 362 g/mol. The highest BCUT2D eigenvalue weighted by molar-refractivity contribution is 5.82. The van der Waals surface area contributed by atoms with Crippen molar-refractivity contribution in [3.63, 3.8) is 0 Å². The highest BCUT2D eigenvalue weighted by atomic mass is 16.4. The van der Waals surface area contributed by atoms with Crippen LogP contribution in [-0.2, 0) is 9.59 Å². The number of aliphatic hydroxyl groups excluding tert-OH is 2. The molecule has 0 aliphatic rings. The summed E-state index contributed by atoms with van der Waals surface area (Å²) in [6.07, 6.45) is 5.07. The number of hydrogen-bond donors (Lipinski definition) is 6. The van der Waals surface area contributed by atoms with Crippen molar-refractivity contribution in [3.05, 3.63) is 0 Å². The molecule has 28 heavy (non-hydrogen) atoms. The number of carbonyl (C=O) groups excluding carboxylic acids is 1. The summed E-state index contributed by atoms with van der Waals surface area (Å²) in [6.45, 7) is 7.09. The number of aliphatic carboxylic acids is 1. The maximum atomic E-state index is 12.3. The summed E-state index contributed by atoms with van der Waals surface area (Å²) in [5, 5.41) is 36.6. The molecule has 0 aromatic rings. The quantitative estimate of drug-likeness (QED) is 0.169. The van der Waals surface area contributed by atoms with Crippen molar-refractivity contribution in [2.24, 2.45) is 5.41 Å². The third-order valence-corrected chi connectivity index (χ3v) is 4.63. The number of unbranched alkanes of at least 4 members (excludes halogenated alkanes) is 3. The van der Waals surface area contributed by atoms with Crippen molar-refractivity contribution in [1.29, 1.82) is 0 Å². The van der Waals surface area contributed by atoms with E-state index in [4.69, 9.17) is 5.11 Å². The Labute approximate surface area is 169 Å². The van der Waals surface area contributed by atoms with Gasteiger partial charge in [-0.05, 0) is 38.3 Å². The Morgan fingerprint density at radius 1 is 1.07 bits per heavy atom. The summed E-state index contributed by atoms with van der Waals surface area (Å²) in [5.74, 6) is -1.34. The molecule has 0 aromatic carbocycles. The van der Waals surface area contributed by atoms with Gasteiger partial charge in [0.15, 0.2) is 0 Å². The van der Waals surface area contributed by atoms with Crippen LogP contribution in [-0.4, -0.2) is 65.7 Å². The maximum Gasteiger partial charge on any atom is 0.303 e. The topological polar surface area (TPSA) is 131 Å². The van der Waals surface area contributed by atoms with Crippen LogP contribution in [0.15, 0.2) is 0 Å². The fourth-order valence-corrected chi connectivity index (χ4v) is 2.87. The molecule has 0 aliphatic carbocycles. The SMILES string of the molecule is CN[C@@H](CC(O)NCCCCCCC(C)(C)C)C(=O)N[C@@H](CO)CCC(=O)O. The van der Waals surface area contributed by atoms with E-state index in [1.165, 1.54) is 19.3 Å². The Morgan fingerprint density at radius 2 is 1.71 bits per heavy atom. The first-order valence-corrected chi connectivity index (χ1v) is 10.3. The highest BCUT2D eigenvalue weighted by Crippen LogP contribution is 2.22. The lowest BCUT2D eigenvalue weighted by atomic mass is 9.89. The average Bonchev–Trinajstić information content (AvgIpc) is 2.60. The van der Waals surface area contributed by atoms with Crippen LogP contribution in [0.2, 0.25) is 0 Å². The fourth-order valence-electron chi connectivity index (χ4n) is 2.87. The van der Waals surface area contributed by atoms with Gasteiger partial charge in [0.1, 0.15) is 6.23 Å². The van der Waals surface area contributed by atoms with E-state index in [1.54, 1.807) is 7.05 Å². The van der Waals surface area contributed by atoms with Crippen molar-refractivity contribution < 1.29 is 24.9 Å². The molecule has 0 aliphatic heterocycles. The summed E-state index contributed by atoms with van der Waals surface area (Å²) in [7, 11) is 1.62. The van der Waals surface area contributed by atoms with Crippen molar-refractivity contribution >= 4 is 11.9 Å². The molecule has 0 rings (SSSR count). The Bertz CT molecular complexity index is 440. The number of carbonyl (C=O) groups is 2. The smallest absolute Gasteiger partial charge is 0.303 e. The number of hydrogen-bond acceptors (Lipinski definition) is 6.